The summed E-state index contributed by atoms with van der Waals surface area (Å²) < 4.78 is 1.02. The number of hydrogen-bond donors (Lipinski definition) is 1. The number of halogens is 1. The van der Waals surface area contributed by atoms with Gasteiger partial charge in [-0.05, 0) is 42.5 Å². The maximum Gasteiger partial charge on any atom is 0.244 e. The molecule has 0 aromatic heterocycles. The van der Waals surface area contributed by atoms with Crippen molar-refractivity contribution in [2.75, 3.05) is 0 Å². The Bertz CT molecular complexity index is 470. The first-order valence-electron chi connectivity index (χ1n) is 6.89. The minimum Gasteiger partial charge on any atom is -0.350 e. The highest BCUT2D eigenvalue weighted by Gasteiger charge is 2.21. The van der Waals surface area contributed by atoms with E-state index in [1.54, 1.807) is 6.08 Å². The number of carbonyl (C=O) groups is 1. The molecule has 0 heterocycles. The first kappa shape index (κ1) is 14.3. The molecule has 3 heteroatoms. The third kappa shape index (κ3) is 4.50. The van der Waals surface area contributed by atoms with Crippen molar-refractivity contribution in [2.24, 2.45) is 5.92 Å². The molecule has 1 fully saturated rings. The molecule has 0 bridgehead atoms. The summed E-state index contributed by atoms with van der Waals surface area (Å²) in [5.41, 5.74) is 1.03. The lowest BCUT2D eigenvalue weighted by atomic mass is 9.86. The Morgan fingerprint density at radius 3 is 2.89 bits per heavy atom. The lowest BCUT2D eigenvalue weighted by molar-refractivity contribution is -0.117. The summed E-state index contributed by atoms with van der Waals surface area (Å²) >= 11 is 3.42. The van der Waals surface area contributed by atoms with Crippen LogP contribution in [0.25, 0.3) is 6.08 Å². The fourth-order valence-electron chi connectivity index (χ4n) is 2.54. The first-order chi connectivity index (χ1) is 9.15. The van der Waals surface area contributed by atoms with E-state index in [1.165, 1.54) is 19.3 Å². The normalized spacial score (nSPS) is 23.5. The minimum atomic E-state index is 0.0127. The van der Waals surface area contributed by atoms with Gasteiger partial charge in [0.25, 0.3) is 0 Å². The molecule has 1 amide bonds. The predicted octanol–water partition coefficient (Wildman–Crippen LogP) is 4.16. The molecular formula is C16H20BrNO. The van der Waals surface area contributed by atoms with Crippen LogP contribution in [-0.4, -0.2) is 11.9 Å². The fourth-order valence-corrected chi connectivity index (χ4v) is 2.96. The Hall–Kier alpha value is -1.09. The molecule has 1 N–H and O–H groups in total. The van der Waals surface area contributed by atoms with E-state index in [0.29, 0.717) is 12.0 Å². The average molecular weight is 322 g/mol. The molecular weight excluding hydrogens is 302 g/mol. The molecule has 1 saturated carbocycles. The molecule has 102 valence electrons. The fraction of sp³-hybridized carbons (Fsp3) is 0.438. The van der Waals surface area contributed by atoms with Crippen molar-refractivity contribution >= 4 is 27.9 Å². The molecule has 1 aromatic carbocycles. The van der Waals surface area contributed by atoms with Crippen molar-refractivity contribution in [3.05, 3.63) is 40.4 Å². The molecule has 2 atom stereocenters. The van der Waals surface area contributed by atoms with Gasteiger partial charge in [0.2, 0.25) is 5.91 Å². The monoisotopic (exact) mass is 321 g/mol. The Kier molecular flexibility index (Phi) is 5.20. The van der Waals surface area contributed by atoms with Gasteiger partial charge in [-0.2, -0.15) is 0 Å². The summed E-state index contributed by atoms with van der Waals surface area (Å²) in [6, 6.07) is 8.25. The summed E-state index contributed by atoms with van der Waals surface area (Å²) in [5, 5.41) is 3.12. The van der Waals surface area contributed by atoms with Crippen molar-refractivity contribution in [3.63, 3.8) is 0 Å². The highest BCUT2D eigenvalue weighted by Crippen LogP contribution is 2.23. The zero-order valence-electron chi connectivity index (χ0n) is 11.2. The molecule has 0 aliphatic heterocycles. The van der Waals surface area contributed by atoms with E-state index < -0.39 is 0 Å². The van der Waals surface area contributed by atoms with Crippen molar-refractivity contribution < 1.29 is 4.79 Å². The second-order valence-electron chi connectivity index (χ2n) is 5.27. The molecule has 1 aromatic rings. The standard InChI is InChI=1S/C16H20BrNO/c1-12-5-2-3-8-15(12)18-16(19)10-9-13-6-4-7-14(17)11-13/h4,6-7,9-12,15H,2-3,5,8H2,1H3,(H,18,19)/b10-9+/t12-,15+/m1/s1. The average Bonchev–Trinajstić information content (AvgIpc) is 2.39. The summed E-state index contributed by atoms with van der Waals surface area (Å²) in [6.45, 7) is 2.22. The highest BCUT2D eigenvalue weighted by atomic mass is 79.9. The minimum absolute atomic E-state index is 0.0127. The largest absolute Gasteiger partial charge is 0.350 e. The van der Waals surface area contributed by atoms with Crippen LogP contribution in [-0.2, 0) is 4.79 Å². The van der Waals surface area contributed by atoms with Crippen LogP contribution in [0.3, 0.4) is 0 Å². The third-order valence-electron chi connectivity index (χ3n) is 3.71. The lowest BCUT2D eigenvalue weighted by Gasteiger charge is -2.29. The molecule has 0 spiro atoms. The Morgan fingerprint density at radius 2 is 2.16 bits per heavy atom. The molecule has 1 aliphatic rings. The zero-order chi connectivity index (χ0) is 13.7. The summed E-state index contributed by atoms with van der Waals surface area (Å²) in [4.78, 5) is 11.9. The lowest BCUT2D eigenvalue weighted by Crippen LogP contribution is -2.40. The van der Waals surface area contributed by atoms with Crippen LogP contribution in [0.4, 0.5) is 0 Å². The van der Waals surface area contributed by atoms with E-state index in [4.69, 9.17) is 0 Å². The molecule has 2 rings (SSSR count). The van der Waals surface area contributed by atoms with Crippen molar-refractivity contribution in [1.82, 2.24) is 5.32 Å². The number of nitrogens with one attached hydrogen (secondary N) is 1. The van der Waals surface area contributed by atoms with Gasteiger partial charge >= 0.3 is 0 Å². The van der Waals surface area contributed by atoms with E-state index in [2.05, 4.69) is 28.2 Å². The summed E-state index contributed by atoms with van der Waals surface area (Å²) in [6.07, 6.45) is 8.33. The molecule has 0 unspecified atom stereocenters. The van der Waals surface area contributed by atoms with Gasteiger partial charge in [0, 0.05) is 16.6 Å². The van der Waals surface area contributed by atoms with E-state index in [1.807, 2.05) is 30.3 Å². The van der Waals surface area contributed by atoms with E-state index >= 15 is 0 Å². The molecule has 2 nitrogen and oxygen atoms in total. The molecule has 0 radical (unpaired) electrons. The van der Waals surface area contributed by atoms with Crippen LogP contribution in [0.15, 0.2) is 34.8 Å². The summed E-state index contributed by atoms with van der Waals surface area (Å²) in [7, 11) is 0. The van der Waals surface area contributed by atoms with Crippen LogP contribution in [0, 0.1) is 5.92 Å². The maximum atomic E-state index is 11.9. The van der Waals surface area contributed by atoms with Gasteiger partial charge < -0.3 is 5.32 Å². The Labute approximate surface area is 123 Å². The van der Waals surface area contributed by atoms with Crippen molar-refractivity contribution in [1.29, 1.82) is 0 Å². The third-order valence-corrected chi connectivity index (χ3v) is 4.21. The van der Waals surface area contributed by atoms with E-state index in [9.17, 15) is 4.79 Å². The molecule has 19 heavy (non-hydrogen) atoms. The smallest absolute Gasteiger partial charge is 0.244 e. The zero-order valence-corrected chi connectivity index (χ0v) is 12.8. The van der Waals surface area contributed by atoms with Gasteiger partial charge in [0.05, 0.1) is 0 Å². The van der Waals surface area contributed by atoms with E-state index in [0.717, 1.165) is 16.5 Å². The predicted molar refractivity (Wildman–Crippen MR) is 82.7 cm³/mol. The first-order valence-corrected chi connectivity index (χ1v) is 7.68. The second kappa shape index (κ2) is 6.90. The quantitative estimate of drug-likeness (QED) is 0.832. The number of hydrogen-bond acceptors (Lipinski definition) is 1. The second-order valence-corrected chi connectivity index (χ2v) is 6.18. The van der Waals surface area contributed by atoms with Crippen LogP contribution in [0.2, 0.25) is 0 Å². The SMILES string of the molecule is C[C@@H]1CCCC[C@@H]1NC(=O)/C=C/c1cccc(Br)c1. The van der Waals surface area contributed by atoms with Gasteiger partial charge in [-0.1, -0.05) is 47.8 Å². The summed E-state index contributed by atoms with van der Waals surface area (Å²) in [5.74, 6) is 0.607. The van der Waals surface area contributed by atoms with Crippen LogP contribution < -0.4 is 5.32 Å². The van der Waals surface area contributed by atoms with Crippen molar-refractivity contribution in [2.45, 2.75) is 38.6 Å². The molecule has 1 aliphatic carbocycles. The molecule has 0 saturated heterocycles. The van der Waals surface area contributed by atoms with Gasteiger partial charge in [-0.25, -0.2) is 0 Å². The topological polar surface area (TPSA) is 29.1 Å². The van der Waals surface area contributed by atoms with Gasteiger partial charge in [-0.15, -0.1) is 0 Å². The Morgan fingerprint density at radius 1 is 1.37 bits per heavy atom. The van der Waals surface area contributed by atoms with Crippen LogP contribution in [0.5, 0.6) is 0 Å². The van der Waals surface area contributed by atoms with Crippen LogP contribution in [0.1, 0.15) is 38.2 Å². The van der Waals surface area contributed by atoms with Gasteiger partial charge in [0.15, 0.2) is 0 Å². The van der Waals surface area contributed by atoms with Crippen molar-refractivity contribution in [3.8, 4) is 0 Å². The highest BCUT2D eigenvalue weighted by molar-refractivity contribution is 9.10. The maximum absolute atomic E-state index is 11.9. The number of rotatable bonds is 3. The number of benzene rings is 1. The number of amides is 1. The van der Waals surface area contributed by atoms with Gasteiger partial charge in [0.1, 0.15) is 0 Å². The van der Waals surface area contributed by atoms with E-state index in [-0.39, 0.29) is 5.91 Å². The van der Waals surface area contributed by atoms with Gasteiger partial charge in [-0.3, -0.25) is 4.79 Å². The van der Waals surface area contributed by atoms with Crippen LogP contribution >= 0.6 is 15.9 Å². The Balaban J connectivity index is 1.90. The number of carbonyl (C=O) groups excluding carboxylic acids is 1.